The van der Waals surface area contributed by atoms with Crippen LogP contribution in [0.2, 0.25) is 0 Å². The van der Waals surface area contributed by atoms with Crippen molar-refractivity contribution in [1.82, 2.24) is 0 Å². The van der Waals surface area contributed by atoms with Crippen molar-refractivity contribution in [2.24, 2.45) is 0 Å². The number of aliphatic hydroxyl groups excluding tert-OH is 1. The number of ketones is 1. The van der Waals surface area contributed by atoms with Gasteiger partial charge >= 0.3 is 0 Å². The topological polar surface area (TPSA) is 37.3 Å². The van der Waals surface area contributed by atoms with E-state index in [1.807, 2.05) is 0 Å². The van der Waals surface area contributed by atoms with Gasteiger partial charge in [-0.3, -0.25) is 4.79 Å². The molecule has 0 aliphatic rings. The summed E-state index contributed by atoms with van der Waals surface area (Å²) in [5, 5.41) is 9.27. The second kappa shape index (κ2) is 7.82. The SMILES string of the molecule is CCCCCCC(O)C#CC(C)=O. The van der Waals surface area contributed by atoms with Gasteiger partial charge in [-0.15, -0.1) is 0 Å². The van der Waals surface area contributed by atoms with Gasteiger partial charge in [0.25, 0.3) is 0 Å². The monoisotopic (exact) mass is 182 g/mol. The van der Waals surface area contributed by atoms with Crippen LogP contribution in [0.15, 0.2) is 0 Å². The number of carbonyl (C=O) groups excluding carboxylic acids is 1. The summed E-state index contributed by atoms with van der Waals surface area (Å²) < 4.78 is 0. The minimum absolute atomic E-state index is 0.187. The van der Waals surface area contributed by atoms with Gasteiger partial charge in [0.15, 0.2) is 0 Å². The van der Waals surface area contributed by atoms with Crippen LogP contribution in [0.3, 0.4) is 0 Å². The Labute approximate surface area is 80.3 Å². The van der Waals surface area contributed by atoms with E-state index in [0.717, 1.165) is 12.8 Å². The molecular weight excluding hydrogens is 164 g/mol. The molecule has 0 aromatic carbocycles. The molecule has 13 heavy (non-hydrogen) atoms. The molecule has 0 aromatic rings. The normalized spacial score (nSPS) is 11.6. The average molecular weight is 182 g/mol. The first kappa shape index (κ1) is 12.2. The van der Waals surface area contributed by atoms with Crippen LogP contribution in [0, 0.1) is 11.8 Å². The summed E-state index contributed by atoms with van der Waals surface area (Å²) in [6, 6.07) is 0. The maximum absolute atomic E-state index is 10.4. The third-order valence-corrected chi connectivity index (χ3v) is 1.75. The van der Waals surface area contributed by atoms with Gasteiger partial charge in [-0.2, -0.15) is 0 Å². The number of aliphatic hydroxyl groups is 1. The fourth-order valence-corrected chi connectivity index (χ4v) is 1.02. The molecule has 0 fully saturated rings. The van der Waals surface area contributed by atoms with E-state index in [9.17, 15) is 9.90 Å². The third-order valence-electron chi connectivity index (χ3n) is 1.75. The molecule has 0 radical (unpaired) electrons. The number of rotatable bonds is 5. The molecule has 0 rings (SSSR count). The lowest BCUT2D eigenvalue weighted by molar-refractivity contribution is -0.111. The first-order chi connectivity index (χ1) is 6.16. The molecule has 0 spiro atoms. The maximum Gasteiger partial charge on any atom is 0.202 e. The van der Waals surface area contributed by atoms with Gasteiger partial charge in [-0.05, 0) is 18.8 Å². The molecule has 1 unspecified atom stereocenters. The Morgan fingerprint density at radius 3 is 2.62 bits per heavy atom. The Balaban J connectivity index is 3.47. The average Bonchev–Trinajstić information content (AvgIpc) is 2.09. The molecule has 2 nitrogen and oxygen atoms in total. The van der Waals surface area contributed by atoms with Crippen molar-refractivity contribution in [2.45, 2.75) is 52.1 Å². The largest absolute Gasteiger partial charge is 0.380 e. The Morgan fingerprint density at radius 2 is 2.08 bits per heavy atom. The van der Waals surface area contributed by atoms with E-state index in [0.29, 0.717) is 6.42 Å². The van der Waals surface area contributed by atoms with Crippen molar-refractivity contribution in [2.75, 3.05) is 0 Å². The van der Waals surface area contributed by atoms with Gasteiger partial charge in [0.2, 0.25) is 5.78 Å². The summed E-state index contributed by atoms with van der Waals surface area (Å²) in [4.78, 5) is 10.4. The van der Waals surface area contributed by atoms with Crippen LogP contribution in [-0.2, 0) is 4.79 Å². The molecule has 1 N–H and O–H groups in total. The molecule has 2 heteroatoms. The fourth-order valence-electron chi connectivity index (χ4n) is 1.02. The van der Waals surface area contributed by atoms with Crippen molar-refractivity contribution in [3.8, 4) is 11.8 Å². The second-order valence-corrected chi connectivity index (χ2v) is 3.19. The summed E-state index contributed by atoms with van der Waals surface area (Å²) in [5.74, 6) is 4.67. The van der Waals surface area contributed by atoms with Gasteiger partial charge in [0.05, 0.1) is 0 Å². The highest BCUT2D eigenvalue weighted by Crippen LogP contribution is 2.04. The van der Waals surface area contributed by atoms with E-state index < -0.39 is 6.10 Å². The molecule has 0 saturated heterocycles. The lowest BCUT2D eigenvalue weighted by Crippen LogP contribution is -2.03. The summed E-state index contributed by atoms with van der Waals surface area (Å²) in [5.41, 5.74) is 0. The van der Waals surface area contributed by atoms with E-state index in [2.05, 4.69) is 18.8 Å². The minimum Gasteiger partial charge on any atom is -0.380 e. The molecule has 0 amide bonds. The van der Waals surface area contributed by atoms with Crippen LogP contribution in [0.4, 0.5) is 0 Å². The van der Waals surface area contributed by atoms with E-state index in [1.54, 1.807) is 0 Å². The van der Waals surface area contributed by atoms with E-state index >= 15 is 0 Å². The molecular formula is C11H18O2. The predicted molar refractivity (Wildman–Crippen MR) is 53.2 cm³/mol. The van der Waals surface area contributed by atoms with Gasteiger partial charge in [0, 0.05) is 6.92 Å². The molecule has 0 saturated carbocycles. The molecule has 0 aromatic heterocycles. The van der Waals surface area contributed by atoms with Crippen LogP contribution in [0.5, 0.6) is 0 Å². The van der Waals surface area contributed by atoms with Crippen LogP contribution in [0.25, 0.3) is 0 Å². The Morgan fingerprint density at radius 1 is 1.38 bits per heavy atom. The first-order valence-corrected chi connectivity index (χ1v) is 4.87. The fraction of sp³-hybridized carbons (Fsp3) is 0.727. The summed E-state index contributed by atoms with van der Waals surface area (Å²) in [6.45, 7) is 3.54. The predicted octanol–water partition coefficient (Wildman–Crippen LogP) is 1.91. The van der Waals surface area contributed by atoms with Crippen LogP contribution in [0.1, 0.15) is 46.0 Å². The standard InChI is InChI=1S/C11H18O2/c1-3-4-5-6-7-11(13)9-8-10(2)12/h11,13H,3-7H2,1-2H3. The minimum atomic E-state index is -0.624. The zero-order chi connectivity index (χ0) is 10.1. The Kier molecular flexibility index (Phi) is 7.33. The number of hydrogen-bond acceptors (Lipinski definition) is 2. The number of hydrogen-bond donors (Lipinski definition) is 1. The van der Waals surface area contributed by atoms with Gasteiger partial charge in [0.1, 0.15) is 6.10 Å². The molecule has 0 heterocycles. The Bertz CT molecular complexity index is 198. The van der Waals surface area contributed by atoms with Crippen LogP contribution in [-0.4, -0.2) is 17.0 Å². The van der Waals surface area contributed by atoms with Crippen LogP contribution >= 0.6 is 0 Å². The lowest BCUT2D eigenvalue weighted by atomic mass is 10.1. The van der Waals surface area contributed by atoms with E-state index in [4.69, 9.17) is 0 Å². The van der Waals surface area contributed by atoms with E-state index in [1.165, 1.54) is 19.8 Å². The van der Waals surface area contributed by atoms with Crippen molar-refractivity contribution in [3.05, 3.63) is 0 Å². The maximum atomic E-state index is 10.4. The highest BCUT2D eigenvalue weighted by atomic mass is 16.3. The zero-order valence-corrected chi connectivity index (χ0v) is 8.47. The van der Waals surface area contributed by atoms with Gasteiger partial charge in [-0.25, -0.2) is 0 Å². The lowest BCUT2D eigenvalue weighted by Gasteiger charge is -2.01. The molecule has 0 bridgehead atoms. The quantitative estimate of drug-likeness (QED) is 0.400. The summed E-state index contributed by atoms with van der Waals surface area (Å²) in [6.07, 6.45) is 4.57. The van der Waals surface area contributed by atoms with Gasteiger partial charge < -0.3 is 5.11 Å². The van der Waals surface area contributed by atoms with Crippen molar-refractivity contribution < 1.29 is 9.90 Å². The van der Waals surface area contributed by atoms with Crippen LogP contribution < -0.4 is 0 Å². The second-order valence-electron chi connectivity index (χ2n) is 3.19. The first-order valence-electron chi connectivity index (χ1n) is 4.87. The zero-order valence-electron chi connectivity index (χ0n) is 8.47. The highest BCUT2D eigenvalue weighted by molar-refractivity contribution is 5.93. The number of unbranched alkanes of at least 4 members (excludes halogenated alkanes) is 3. The van der Waals surface area contributed by atoms with E-state index in [-0.39, 0.29) is 5.78 Å². The molecule has 74 valence electrons. The smallest absolute Gasteiger partial charge is 0.202 e. The molecule has 0 aliphatic heterocycles. The summed E-state index contributed by atoms with van der Waals surface area (Å²) in [7, 11) is 0. The Hall–Kier alpha value is -0.810. The number of carbonyl (C=O) groups is 1. The van der Waals surface area contributed by atoms with Crippen molar-refractivity contribution in [1.29, 1.82) is 0 Å². The van der Waals surface area contributed by atoms with Crippen molar-refractivity contribution >= 4 is 5.78 Å². The van der Waals surface area contributed by atoms with Crippen molar-refractivity contribution in [3.63, 3.8) is 0 Å². The summed E-state index contributed by atoms with van der Waals surface area (Å²) >= 11 is 0. The molecule has 0 aliphatic carbocycles. The van der Waals surface area contributed by atoms with Gasteiger partial charge in [-0.1, -0.05) is 32.1 Å². The number of Topliss-reactive ketones (excluding diaryl/α,β-unsaturated/α-hetero) is 1. The third kappa shape index (κ3) is 9.10. The highest BCUT2D eigenvalue weighted by Gasteiger charge is 1.98. The molecule has 1 atom stereocenters.